The molecule has 2 heterocycles. The van der Waals surface area contributed by atoms with Gasteiger partial charge in [0.2, 0.25) is 0 Å². The maximum Gasteiger partial charge on any atom is 0.253 e. The maximum absolute atomic E-state index is 13.9. The zero-order valence-electron chi connectivity index (χ0n) is 17.3. The van der Waals surface area contributed by atoms with E-state index in [2.05, 4.69) is 14.9 Å². The molecule has 5 nitrogen and oxygen atoms in total. The van der Waals surface area contributed by atoms with Gasteiger partial charge in [-0.05, 0) is 61.6 Å². The lowest BCUT2D eigenvalue weighted by atomic mass is 9.96. The molecule has 156 valence electrons. The Labute approximate surface area is 176 Å². The quantitative estimate of drug-likeness (QED) is 0.625. The number of fused-ring (bicyclic) bond motifs is 1. The van der Waals surface area contributed by atoms with Crippen LogP contribution in [0.3, 0.4) is 0 Å². The van der Waals surface area contributed by atoms with Crippen LogP contribution < -0.4 is 0 Å². The number of carbonyl (C=O) groups excluding carboxylic acids is 1. The summed E-state index contributed by atoms with van der Waals surface area (Å²) in [6.07, 6.45) is 6.22. The minimum atomic E-state index is -0.128. The molecule has 1 unspecified atom stereocenters. The molecular formula is C24H27FN4O. The summed E-state index contributed by atoms with van der Waals surface area (Å²) in [6.45, 7) is 3.53. The molecule has 0 spiro atoms. The fourth-order valence-electron chi connectivity index (χ4n) is 4.27. The highest BCUT2D eigenvalue weighted by Crippen LogP contribution is 2.20. The molecule has 0 saturated carbocycles. The number of piperidine rings is 1. The highest BCUT2D eigenvalue weighted by molar-refractivity contribution is 5.97. The summed E-state index contributed by atoms with van der Waals surface area (Å²) >= 11 is 0. The zero-order chi connectivity index (χ0) is 20.9. The number of hydrogen-bond acceptors (Lipinski definition) is 4. The standard InChI is InChI=1S/C24H27FN4O/c1-28(24(30)20-8-9-22-23(15-20)27-12-11-26-22)16-18-5-4-13-29(17-18)14-10-19-6-2-3-7-21(19)25/h2-3,6-9,11-12,15,18H,4-5,10,13-14,16-17H2,1H3. The summed E-state index contributed by atoms with van der Waals surface area (Å²) in [5, 5.41) is 0. The summed E-state index contributed by atoms with van der Waals surface area (Å²) in [5.74, 6) is 0.302. The van der Waals surface area contributed by atoms with Crippen LogP contribution in [0.5, 0.6) is 0 Å². The van der Waals surface area contributed by atoms with E-state index >= 15 is 0 Å². The molecule has 0 aliphatic carbocycles. The van der Waals surface area contributed by atoms with Gasteiger partial charge in [-0.2, -0.15) is 0 Å². The molecule has 1 amide bonds. The van der Waals surface area contributed by atoms with Gasteiger partial charge >= 0.3 is 0 Å². The molecule has 0 bridgehead atoms. The first-order valence-electron chi connectivity index (χ1n) is 10.5. The topological polar surface area (TPSA) is 49.3 Å². The van der Waals surface area contributed by atoms with Gasteiger partial charge in [0.1, 0.15) is 5.82 Å². The van der Waals surface area contributed by atoms with E-state index in [4.69, 9.17) is 0 Å². The Morgan fingerprint density at radius 3 is 2.80 bits per heavy atom. The number of aromatic nitrogens is 2. The van der Waals surface area contributed by atoms with Crippen molar-refractivity contribution in [1.82, 2.24) is 19.8 Å². The van der Waals surface area contributed by atoms with Crippen LogP contribution in [-0.4, -0.2) is 58.9 Å². The molecule has 1 atom stereocenters. The van der Waals surface area contributed by atoms with E-state index in [0.29, 0.717) is 24.4 Å². The maximum atomic E-state index is 13.9. The van der Waals surface area contributed by atoms with Crippen LogP contribution in [0.2, 0.25) is 0 Å². The van der Waals surface area contributed by atoms with Gasteiger partial charge < -0.3 is 9.80 Å². The Morgan fingerprint density at radius 1 is 1.17 bits per heavy atom. The summed E-state index contributed by atoms with van der Waals surface area (Å²) in [5.41, 5.74) is 2.92. The van der Waals surface area contributed by atoms with Gasteiger partial charge in [-0.25, -0.2) is 4.39 Å². The third-order valence-corrected chi connectivity index (χ3v) is 5.85. The summed E-state index contributed by atoms with van der Waals surface area (Å²) in [7, 11) is 1.86. The Hall–Kier alpha value is -2.86. The molecule has 1 saturated heterocycles. The monoisotopic (exact) mass is 406 g/mol. The summed E-state index contributed by atoms with van der Waals surface area (Å²) in [4.78, 5) is 25.7. The van der Waals surface area contributed by atoms with Crippen molar-refractivity contribution in [3.63, 3.8) is 0 Å². The van der Waals surface area contributed by atoms with Gasteiger partial charge in [-0.3, -0.25) is 14.8 Å². The Kier molecular flexibility index (Phi) is 6.33. The minimum Gasteiger partial charge on any atom is -0.341 e. The normalized spacial score (nSPS) is 17.2. The number of likely N-dealkylation sites (tertiary alicyclic amines) is 1. The third-order valence-electron chi connectivity index (χ3n) is 5.85. The first kappa shape index (κ1) is 20.4. The van der Waals surface area contributed by atoms with Crippen LogP contribution in [-0.2, 0) is 6.42 Å². The molecule has 4 rings (SSSR count). The second-order valence-corrected chi connectivity index (χ2v) is 8.10. The molecule has 3 aromatic rings. The van der Waals surface area contributed by atoms with Gasteiger partial charge in [0.05, 0.1) is 11.0 Å². The smallest absolute Gasteiger partial charge is 0.253 e. The second kappa shape index (κ2) is 9.30. The highest BCUT2D eigenvalue weighted by atomic mass is 19.1. The lowest BCUT2D eigenvalue weighted by Crippen LogP contribution is -2.42. The van der Waals surface area contributed by atoms with Gasteiger partial charge in [-0.15, -0.1) is 0 Å². The molecular weight excluding hydrogens is 379 g/mol. The lowest BCUT2D eigenvalue weighted by molar-refractivity contribution is 0.0730. The highest BCUT2D eigenvalue weighted by Gasteiger charge is 2.23. The van der Waals surface area contributed by atoms with Crippen LogP contribution in [0.25, 0.3) is 11.0 Å². The van der Waals surface area contributed by atoms with Crippen LogP contribution in [0, 0.1) is 11.7 Å². The van der Waals surface area contributed by atoms with Gasteiger partial charge in [0.25, 0.3) is 5.91 Å². The average Bonchev–Trinajstić information content (AvgIpc) is 2.78. The molecule has 30 heavy (non-hydrogen) atoms. The van der Waals surface area contributed by atoms with E-state index in [-0.39, 0.29) is 11.7 Å². The summed E-state index contributed by atoms with van der Waals surface area (Å²) in [6, 6.07) is 12.5. The predicted octanol–water partition coefficient (Wildman–Crippen LogP) is 3.80. The molecule has 0 radical (unpaired) electrons. The van der Waals surface area contributed by atoms with Crippen molar-refractivity contribution < 1.29 is 9.18 Å². The second-order valence-electron chi connectivity index (χ2n) is 8.10. The van der Waals surface area contributed by atoms with E-state index in [1.165, 1.54) is 6.07 Å². The lowest BCUT2D eigenvalue weighted by Gasteiger charge is -2.34. The van der Waals surface area contributed by atoms with E-state index in [0.717, 1.165) is 49.1 Å². The van der Waals surface area contributed by atoms with Crippen molar-refractivity contribution in [2.45, 2.75) is 19.3 Å². The van der Waals surface area contributed by atoms with Gasteiger partial charge in [0.15, 0.2) is 0 Å². The minimum absolute atomic E-state index is 0.00559. The number of amides is 1. The zero-order valence-corrected chi connectivity index (χ0v) is 17.3. The molecule has 1 aromatic heterocycles. The number of hydrogen-bond donors (Lipinski definition) is 0. The number of carbonyl (C=O) groups is 1. The number of nitrogens with zero attached hydrogens (tertiary/aromatic N) is 4. The average molecular weight is 407 g/mol. The Balaban J connectivity index is 1.33. The van der Waals surface area contributed by atoms with E-state index in [1.807, 2.05) is 42.3 Å². The van der Waals surface area contributed by atoms with Crippen LogP contribution in [0.15, 0.2) is 54.9 Å². The van der Waals surface area contributed by atoms with E-state index < -0.39 is 0 Å². The van der Waals surface area contributed by atoms with Crippen molar-refractivity contribution in [3.8, 4) is 0 Å². The molecule has 6 heteroatoms. The third kappa shape index (κ3) is 4.82. The SMILES string of the molecule is CN(CC1CCCN(CCc2ccccc2F)C1)C(=O)c1ccc2nccnc2c1. The largest absolute Gasteiger partial charge is 0.341 e. The van der Waals surface area contributed by atoms with Crippen molar-refractivity contribution in [1.29, 1.82) is 0 Å². The van der Waals surface area contributed by atoms with Crippen molar-refractivity contribution in [3.05, 3.63) is 71.8 Å². The number of benzene rings is 2. The molecule has 1 aliphatic rings. The van der Waals surface area contributed by atoms with Crippen molar-refractivity contribution in [2.75, 3.05) is 33.2 Å². The number of halogens is 1. The van der Waals surface area contributed by atoms with Crippen LogP contribution in [0.1, 0.15) is 28.8 Å². The molecule has 1 fully saturated rings. The van der Waals surface area contributed by atoms with Gasteiger partial charge in [-0.1, -0.05) is 18.2 Å². The van der Waals surface area contributed by atoms with Crippen molar-refractivity contribution in [2.24, 2.45) is 5.92 Å². The fraction of sp³-hybridized carbons (Fsp3) is 0.375. The van der Waals surface area contributed by atoms with Gasteiger partial charge in [0, 0.05) is 44.6 Å². The summed E-state index contributed by atoms with van der Waals surface area (Å²) < 4.78 is 13.9. The molecule has 2 aromatic carbocycles. The predicted molar refractivity (Wildman–Crippen MR) is 116 cm³/mol. The van der Waals surface area contributed by atoms with Crippen molar-refractivity contribution >= 4 is 16.9 Å². The molecule has 0 N–H and O–H groups in total. The first-order valence-corrected chi connectivity index (χ1v) is 10.5. The Morgan fingerprint density at radius 2 is 1.97 bits per heavy atom. The van der Waals surface area contributed by atoms with E-state index in [1.54, 1.807) is 18.5 Å². The van der Waals surface area contributed by atoms with Crippen LogP contribution >= 0.6 is 0 Å². The van der Waals surface area contributed by atoms with E-state index in [9.17, 15) is 9.18 Å². The fourth-order valence-corrected chi connectivity index (χ4v) is 4.27. The molecule has 1 aliphatic heterocycles. The number of rotatable bonds is 6. The van der Waals surface area contributed by atoms with Crippen LogP contribution in [0.4, 0.5) is 4.39 Å². The first-order chi connectivity index (χ1) is 14.6. The Bertz CT molecular complexity index is 1020.